The molecule has 0 fully saturated rings. The van der Waals surface area contributed by atoms with Crippen molar-refractivity contribution < 1.29 is 18.7 Å². The van der Waals surface area contributed by atoms with Gasteiger partial charge in [0.2, 0.25) is 18.6 Å². The Labute approximate surface area is 161 Å². The molecule has 132 valence electrons. The van der Waals surface area contributed by atoms with Gasteiger partial charge in [-0.25, -0.2) is 0 Å². The number of nitrogens with one attached hydrogen (secondary N) is 1. The highest BCUT2D eigenvalue weighted by Gasteiger charge is 2.15. The van der Waals surface area contributed by atoms with E-state index in [0.717, 1.165) is 10.0 Å². The molecule has 1 N–H and O–H groups in total. The summed E-state index contributed by atoms with van der Waals surface area (Å²) in [5.74, 6) is 1.67. The zero-order valence-electron chi connectivity index (χ0n) is 13.3. The van der Waals surface area contributed by atoms with Gasteiger partial charge in [0.05, 0.1) is 5.75 Å². The zero-order chi connectivity index (χ0) is 17.9. The fourth-order valence-electron chi connectivity index (χ4n) is 2.28. The average molecular weight is 434 g/mol. The molecule has 2 aromatic carbocycles. The normalized spacial score (nSPS) is 12.2. The Hall–Kier alpha value is -2.52. The SMILES string of the molecule is O=C(CSc1nnc(-c2ccc(Br)cc2)o1)Nc1ccc2c(c1)OCO2. The molecule has 0 radical (unpaired) electrons. The Morgan fingerprint density at radius 1 is 1.12 bits per heavy atom. The van der Waals surface area contributed by atoms with Crippen molar-refractivity contribution in [3.8, 4) is 23.0 Å². The first kappa shape index (κ1) is 16.9. The molecule has 0 spiro atoms. The highest BCUT2D eigenvalue weighted by Crippen LogP contribution is 2.34. The first-order valence-electron chi connectivity index (χ1n) is 7.59. The van der Waals surface area contributed by atoms with Crippen molar-refractivity contribution in [2.75, 3.05) is 17.9 Å². The van der Waals surface area contributed by atoms with Crippen LogP contribution in [0.3, 0.4) is 0 Å². The lowest BCUT2D eigenvalue weighted by molar-refractivity contribution is -0.113. The Morgan fingerprint density at radius 3 is 2.77 bits per heavy atom. The number of benzene rings is 2. The van der Waals surface area contributed by atoms with Crippen LogP contribution in [0.1, 0.15) is 0 Å². The number of carbonyl (C=O) groups excluding carboxylic acids is 1. The number of rotatable bonds is 5. The van der Waals surface area contributed by atoms with Crippen LogP contribution in [-0.2, 0) is 4.79 Å². The highest BCUT2D eigenvalue weighted by molar-refractivity contribution is 9.10. The fraction of sp³-hybridized carbons (Fsp3) is 0.118. The lowest BCUT2D eigenvalue weighted by atomic mass is 10.2. The number of ether oxygens (including phenoxy) is 2. The van der Waals surface area contributed by atoms with Gasteiger partial charge in [0, 0.05) is 21.8 Å². The van der Waals surface area contributed by atoms with Crippen LogP contribution < -0.4 is 14.8 Å². The number of amides is 1. The summed E-state index contributed by atoms with van der Waals surface area (Å²) in [6.45, 7) is 0.195. The number of anilines is 1. The molecular weight excluding hydrogens is 422 g/mol. The van der Waals surface area contributed by atoms with Crippen LogP contribution in [-0.4, -0.2) is 28.7 Å². The van der Waals surface area contributed by atoms with Crippen LogP contribution in [0.4, 0.5) is 5.69 Å². The van der Waals surface area contributed by atoms with E-state index in [1.165, 1.54) is 11.8 Å². The van der Waals surface area contributed by atoms with Gasteiger partial charge >= 0.3 is 0 Å². The number of hydrogen-bond donors (Lipinski definition) is 1. The maximum atomic E-state index is 12.1. The van der Waals surface area contributed by atoms with E-state index in [1.807, 2.05) is 24.3 Å². The van der Waals surface area contributed by atoms with Gasteiger partial charge < -0.3 is 19.2 Å². The number of carbonyl (C=O) groups is 1. The Kier molecular flexibility index (Phi) is 4.81. The van der Waals surface area contributed by atoms with Gasteiger partial charge in [0.15, 0.2) is 11.5 Å². The Bertz CT molecular complexity index is 945. The summed E-state index contributed by atoms with van der Waals surface area (Å²) in [6, 6.07) is 12.8. The molecular formula is C17H12BrN3O4S. The highest BCUT2D eigenvalue weighted by atomic mass is 79.9. The van der Waals surface area contributed by atoms with Crippen LogP contribution >= 0.6 is 27.7 Å². The second-order valence-electron chi connectivity index (χ2n) is 5.28. The second-order valence-corrected chi connectivity index (χ2v) is 7.13. The van der Waals surface area contributed by atoms with Crippen molar-refractivity contribution in [1.29, 1.82) is 0 Å². The molecule has 4 rings (SSSR count). The van der Waals surface area contributed by atoms with Crippen LogP contribution in [0, 0.1) is 0 Å². The molecule has 9 heteroatoms. The maximum Gasteiger partial charge on any atom is 0.277 e. The molecule has 2 heterocycles. The summed E-state index contributed by atoms with van der Waals surface area (Å²) in [7, 11) is 0. The summed E-state index contributed by atoms with van der Waals surface area (Å²) in [6.07, 6.45) is 0. The predicted molar refractivity (Wildman–Crippen MR) is 99.4 cm³/mol. The monoisotopic (exact) mass is 433 g/mol. The molecule has 1 aliphatic rings. The molecule has 0 unspecified atom stereocenters. The largest absolute Gasteiger partial charge is 0.454 e. The lowest BCUT2D eigenvalue weighted by Crippen LogP contribution is -2.13. The molecule has 0 bridgehead atoms. The van der Waals surface area contributed by atoms with E-state index in [2.05, 4.69) is 31.4 Å². The summed E-state index contributed by atoms with van der Waals surface area (Å²) in [5, 5.41) is 11.1. The predicted octanol–water partition coefficient (Wildman–Crippen LogP) is 3.96. The lowest BCUT2D eigenvalue weighted by Gasteiger charge is -2.05. The molecule has 0 atom stereocenters. The second kappa shape index (κ2) is 7.38. The molecule has 1 amide bonds. The molecule has 0 saturated carbocycles. The van der Waals surface area contributed by atoms with Crippen LogP contribution in [0.15, 0.2) is 56.6 Å². The minimum absolute atomic E-state index is 0.149. The van der Waals surface area contributed by atoms with E-state index in [9.17, 15) is 4.79 Å². The molecule has 1 aliphatic heterocycles. The molecule has 7 nitrogen and oxygen atoms in total. The third-order valence-corrected chi connectivity index (χ3v) is 4.83. The van der Waals surface area contributed by atoms with Crippen molar-refractivity contribution in [3.63, 3.8) is 0 Å². The summed E-state index contributed by atoms with van der Waals surface area (Å²) >= 11 is 4.55. The van der Waals surface area contributed by atoms with E-state index < -0.39 is 0 Å². The molecule has 3 aromatic rings. The van der Waals surface area contributed by atoms with Crippen molar-refractivity contribution in [1.82, 2.24) is 10.2 Å². The van der Waals surface area contributed by atoms with Crippen molar-refractivity contribution in [3.05, 3.63) is 46.9 Å². The van der Waals surface area contributed by atoms with Gasteiger partial charge in [-0.15, -0.1) is 10.2 Å². The van der Waals surface area contributed by atoms with E-state index in [0.29, 0.717) is 28.3 Å². The van der Waals surface area contributed by atoms with Gasteiger partial charge in [-0.1, -0.05) is 27.7 Å². The van der Waals surface area contributed by atoms with Crippen molar-refractivity contribution in [2.45, 2.75) is 5.22 Å². The topological polar surface area (TPSA) is 86.5 Å². The van der Waals surface area contributed by atoms with Crippen LogP contribution in [0.5, 0.6) is 11.5 Å². The fourth-order valence-corrected chi connectivity index (χ4v) is 3.10. The van der Waals surface area contributed by atoms with E-state index in [1.54, 1.807) is 18.2 Å². The maximum absolute atomic E-state index is 12.1. The van der Waals surface area contributed by atoms with Gasteiger partial charge in [-0.05, 0) is 36.4 Å². The third kappa shape index (κ3) is 3.83. The first-order chi connectivity index (χ1) is 12.7. The van der Waals surface area contributed by atoms with Gasteiger partial charge in [-0.2, -0.15) is 0 Å². The smallest absolute Gasteiger partial charge is 0.277 e. The van der Waals surface area contributed by atoms with E-state index in [-0.39, 0.29) is 18.5 Å². The molecule has 1 aromatic heterocycles. The molecule has 26 heavy (non-hydrogen) atoms. The van der Waals surface area contributed by atoms with Crippen molar-refractivity contribution in [2.24, 2.45) is 0 Å². The number of aromatic nitrogens is 2. The van der Waals surface area contributed by atoms with Crippen molar-refractivity contribution >= 4 is 39.3 Å². The first-order valence-corrected chi connectivity index (χ1v) is 9.37. The minimum Gasteiger partial charge on any atom is -0.454 e. The van der Waals surface area contributed by atoms with Gasteiger partial charge in [0.25, 0.3) is 5.22 Å². The number of halogens is 1. The number of fused-ring (bicyclic) bond motifs is 1. The van der Waals surface area contributed by atoms with Gasteiger partial charge in [0.1, 0.15) is 0 Å². The Balaban J connectivity index is 1.34. The summed E-state index contributed by atoms with van der Waals surface area (Å²) in [4.78, 5) is 12.1. The quantitative estimate of drug-likeness (QED) is 0.609. The summed E-state index contributed by atoms with van der Waals surface area (Å²) in [5.41, 5.74) is 1.46. The van der Waals surface area contributed by atoms with E-state index in [4.69, 9.17) is 13.9 Å². The number of nitrogens with zero attached hydrogens (tertiary/aromatic N) is 2. The number of thioether (sulfide) groups is 1. The minimum atomic E-state index is -0.183. The van der Waals surface area contributed by atoms with Gasteiger partial charge in [-0.3, -0.25) is 4.79 Å². The standard InChI is InChI=1S/C17H12BrN3O4S/c18-11-3-1-10(2-4-11)16-20-21-17(25-16)26-8-15(22)19-12-5-6-13-14(7-12)24-9-23-13/h1-7H,8-9H2,(H,19,22). The Morgan fingerprint density at radius 2 is 1.92 bits per heavy atom. The molecule has 0 aliphatic carbocycles. The summed E-state index contributed by atoms with van der Waals surface area (Å²) < 4.78 is 17.1. The zero-order valence-corrected chi connectivity index (χ0v) is 15.7. The van der Waals surface area contributed by atoms with Crippen LogP contribution in [0.2, 0.25) is 0 Å². The van der Waals surface area contributed by atoms with E-state index >= 15 is 0 Å². The number of hydrogen-bond acceptors (Lipinski definition) is 7. The molecule has 0 saturated heterocycles. The average Bonchev–Trinajstić information content (AvgIpc) is 3.29. The van der Waals surface area contributed by atoms with Crippen LogP contribution in [0.25, 0.3) is 11.5 Å². The third-order valence-electron chi connectivity index (χ3n) is 3.48.